The van der Waals surface area contributed by atoms with Gasteiger partial charge >= 0.3 is 0 Å². The summed E-state index contributed by atoms with van der Waals surface area (Å²) >= 11 is 0. The molecule has 128 valence electrons. The standard InChI is InChI=1S/C16H36N.BrH.2HI/c1-5-9-13-17(14-10-6-2,15-11-7-3)16-12-8-4;;;/h5-16H2,1-4H3;3*1H/q+1;;;/p-1. The van der Waals surface area contributed by atoms with Crippen molar-refractivity contribution in [2.24, 2.45) is 0 Å². The molecule has 20 heavy (non-hydrogen) atoms. The zero-order valence-electron chi connectivity index (χ0n) is 14.1. The molecule has 0 aliphatic carbocycles. The first-order valence-electron chi connectivity index (χ1n) is 8.09. The van der Waals surface area contributed by atoms with Crippen LogP contribution in [0.5, 0.6) is 0 Å². The second-order valence-electron chi connectivity index (χ2n) is 5.65. The van der Waals surface area contributed by atoms with Gasteiger partial charge < -0.3 is 28.5 Å². The first kappa shape index (κ1) is 29.9. The summed E-state index contributed by atoms with van der Waals surface area (Å²) in [7, 11) is 0. The quantitative estimate of drug-likeness (QED) is 0.247. The fourth-order valence-electron chi connectivity index (χ4n) is 2.64. The van der Waals surface area contributed by atoms with Gasteiger partial charge in [0.15, 0.2) is 0 Å². The molecule has 0 aromatic rings. The van der Waals surface area contributed by atoms with Gasteiger partial charge in [0.2, 0.25) is 0 Å². The number of hydrogen-bond donors (Lipinski definition) is 0. The van der Waals surface area contributed by atoms with E-state index in [1.807, 2.05) is 0 Å². The Morgan fingerprint density at radius 3 is 0.900 bits per heavy atom. The highest BCUT2D eigenvalue weighted by molar-refractivity contribution is 14.0. The van der Waals surface area contributed by atoms with Gasteiger partial charge in [-0.3, -0.25) is 0 Å². The molecule has 0 aliphatic heterocycles. The van der Waals surface area contributed by atoms with Crippen molar-refractivity contribution < 1.29 is 28.5 Å². The molecule has 0 bridgehead atoms. The zero-order chi connectivity index (χ0) is 13.0. The lowest BCUT2D eigenvalue weighted by Crippen LogP contribution is -3.00. The molecule has 0 heterocycles. The molecule has 0 aromatic carbocycles. The van der Waals surface area contributed by atoms with Crippen molar-refractivity contribution in [2.75, 3.05) is 26.2 Å². The molecule has 0 spiro atoms. The Hall–Kier alpha value is 1.90. The second-order valence-corrected chi connectivity index (χ2v) is 5.65. The van der Waals surface area contributed by atoms with E-state index in [-0.39, 0.29) is 64.9 Å². The summed E-state index contributed by atoms with van der Waals surface area (Å²) in [4.78, 5) is 0. The third-order valence-corrected chi connectivity index (χ3v) is 3.94. The van der Waals surface area contributed by atoms with E-state index in [4.69, 9.17) is 0 Å². The topological polar surface area (TPSA) is 0 Å². The summed E-state index contributed by atoms with van der Waals surface area (Å²) in [6.45, 7) is 15.0. The van der Waals surface area contributed by atoms with Gasteiger partial charge in [0.1, 0.15) is 0 Å². The van der Waals surface area contributed by atoms with Crippen molar-refractivity contribution in [1.29, 1.82) is 0 Å². The van der Waals surface area contributed by atoms with Crippen LogP contribution in [0.1, 0.15) is 79.1 Å². The number of unbranched alkanes of at least 4 members (excludes halogenated alkanes) is 4. The summed E-state index contributed by atoms with van der Waals surface area (Å²) < 4.78 is 1.42. The summed E-state index contributed by atoms with van der Waals surface area (Å²) in [6.07, 6.45) is 11.1. The van der Waals surface area contributed by atoms with Crippen LogP contribution in [-0.4, -0.2) is 30.7 Å². The SMILES string of the molecule is Br.CCCC[N+](CCCC)(CCCC)CCCC.I.[I-]. The summed E-state index contributed by atoms with van der Waals surface area (Å²) in [5, 5.41) is 0. The lowest BCUT2D eigenvalue weighted by Gasteiger charge is -2.39. The molecule has 4 heteroatoms. The lowest BCUT2D eigenvalue weighted by molar-refractivity contribution is -0.929. The molecule has 0 atom stereocenters. The van der Waals surface area contributed by atoms with Crippen LogP contribution in [0.2, 0.25) is 0 Å². The monoisotopic (exact) mass is 577 g/mol. The van der Waals surface area contributed by atoms with Crippen molar-refractivity contribution in [3.8, 4) is 0 Å². The van der Waals surface area contributed by atoms with E-state index >= 15 is 0 Å². The maximum atomic E-state index is 2.33. The van der Waals surface area contributed by atoms with Crippen molar-refractivity contribution >= 4 is 41.0 Å². The third-order valence-electron chi connectivity index (χ3n) is 3.94. The highest BCUT2D eigenvalue weighted by Crippen LogP contribution is 2.16. The summed E-state index contributed by atoms with van der Waals surface area (Å²) in [5.41, 5.74) is 0. The Kier molecular flexibility index (Phi) is 31.2. The van der Waals surface area contributed by atoms with Gasteiger partial charge in [-0.2, -0.15) is 0 Å². The number of hydrogen-bond acceptors (Lipinski definition) is 0. The van der Waals surface area contributed by atoms with E-state index in [0.29, 0.717) is 0 Å². The predicted octanol–water partition coefficient (Wildman–Crippen LogP) is 3.20. The van der Waals surface area contributed by atoms with Crippen LogP contribution in [0.3, 0.4) is 0 Å². The van der Waals surface area contributed by atoms with Crippen LogP contribution in [0, 0.1) is 0 Å². The van der Waals surface area contributed by atoms with Gasteiger partial charge in [-0.1, -0.05) is 53.4 Å². The van der Waals surface area contributed by atoms with Gasteiger partial charge in [-0.15, -0.1) is 41.0 Å². The number of quaternary nitrogens is 1. The molecule has 0 fully saturated rings. The van der Waals surface area contributed by atoms with Crippen molar-refractivity contribution in [2.45, 2.75) is 79.1 Å². The van der Waals surface area contributed by atoms with Gasteiger partial charge in [0.05, 0.1) is 26.2 Å². The van der Waals surface area contributed by atoms with Crippen LogP contribution in [-0.2, 0) is 0 Å². The van der Waals surface area contributed by atoms with Crippen LogP contribution < -0.4 is 24.0 Å². The number of rotatable bonds is 12. The third kappa shape index (κ3) is 14.8. The first-order valence-corrected chi connectivity index (χ1v) is 8.09. The molecule has 0 rings (SSSR count). The fraction of sp³-hybridized carbons (Fsp3) is 1.00. The molecule has 0 unspecified atom stereocenters. The Morgan fingerprint density at radius 1 is 0.550 bits per heavy atom. The second kappa shape index (κ2) is 20.9. The molecule has 1 nitrogen and oxygen atoms in total. The van der Waals surface area contributed by atoms with Crippen LogP contribution >= 0.6 is 41.0 Å². The van der Waals surface area contributed by atoms with Crippen molar-refractivity contribution in [1.82, 2.24) is 0 Å². The van der Waals surface area contributed by atoms with E-state index in [2.05, 4.69) is 27.7 Å². The number of halogens is 3. The Bertz CT molecular complexity index is 131. The van der Waals surface area contributed by atoms with Crippen LogP contribution in [0.4, 0.5) is 0 Å². The largest absolute Gasteiger partial charge is 1.00 e. The van der Waals surface area contributed by atoms with E-state index in [0.717, 1.165) is 0 Å². The molecule has 0 saturated heterocycles. The maximum Gasteiger partial charge on any atom is 0.0786 e. The Labute approximate surface area is 173 Å². The lowest BCUT2D eigenvalue weighted by atomic mass is 10.1. The minimum atomic E-state index is 0. The fourth-order valence-corrected chi connectivity index (χ4v) is 2.64. The van der Waals surface area contributed by atoms with Gasteiger partial charge in [0.25, 0.3) is 0 Å². The maximum absolute atomic E-state index is 2.33. The Morgan fingerprint density at radius 2 is 0.750 bits per heavy atom. The average molecular weight is 578 g/mol. The molecule has 0 aliphatic rings. The normalized spacial score (nSPS) is 10.2. The average Bonchev–Trinajstić information content (AvgIpc) is 2.37. The van der Waals surface area contributed by atoms with E-state index < -0.39 is 0 Å². The molecule has 0 amide bonds. The number of nitrogens with zero attached hydrogens (tertiary/aromatic N) is 1. The predicted molar refractivity (Wildman–Crippen MR) is 105 cm³/mol. The molecule has 0 saturated carbocycles. The molecule has 0 N–H and O–H groups in total. The minimum Gasteiger partial charge on any atom is -1.00 e. The Balaban J connectivity index is -0.000000427. The van der Waals surface area contributed by atoms with E-state index in [1.54, 1.807) is 0 Å². The minimum absolute atomic E-state index is 0. The molecular formula is C16H38BrI2N. The van der Waals surface area contributed by atoms with Crippen molar-refractivity contribution in [3.05, 3.63) is 0 Å². The van der Waals surface area contributed by atoms with Crippen LogP contribution in [0.25, 0.3) is 0 Å². The van der Waals surface area contributed by atoms with Crippen molar-refractivity contribution in [3.63, 3.8) is 0 Å². The van der Waals surface area contributed by atoms with Gasteiger partial charge in [-0.25, -0.2) is 0 Å². The van der Waals surface area contributed by atoms with Gasteiger partial charge in [0, 0.05) is 0 Å². The smallest absolute Gasteiger partial charge is 0.0786 e. The molecule has 0 radical (unpaired) electrons. The van der Waals surface area contributed by atoms with Gasteiger partial charge in [-0.05, 0) is 25.7 Å². The highest BCUT2D eigenvalue weighted by Gasteiger charge is 2.24. The zero-order valence-corrected chi connectivity index (χ0v) is 20.3. The highest BCUT2D eigenvalue weighted by atomic mass is 127. The summed E-state index contributed by atoms with van der Waals surface area (Å²) in [5.74, 6) is 0. The van der Waals surface area contributed by atoms with Crippen LogP contribution in [0.15, 0.2) is 0 Å². The summed E-state index contributed by atoms with van der Waals surface area (Å²) in [6, 6.07) is 0. The van der Waals surface area contributed by atoms with E-state index in [9.17, 15) is 0 Å². The molecule has 0 aromatic heterocycles. The van der Waals surface area contributed by atoms with E-state index in [1.165, 1.54) is 82.0 Å². The first-order chi connectivity index (χ1) is 8.24. The molecular weight excluding hydrogens is 540 g/mol.